The fourth-order valence-electron chi connectivity index (χ4n) is 3.66. The summed E-state index contributed by atoms with van der Waals surface area (Å²) < 4.78 is 12.4. The van der Waals surface area contributed by atoms with E-state index in [-0.39, 0.29) is 11.4 Å². The van der Waals surface area contributed by atoms with Crippen LogP contribution < -0.4 is 9.47 Å². The Balaban J connectivity index is 1.71. The van der Waals surface area contributed by atoms with Crippen molar-refractivity contribution in [2.24, 2.45) is 0 Å². The Labute approximate surface area is 167 Å². The molecule has 0 N–H and O–H groups in total. The van der Waals surface area contributed by atoms with Gasteiger partial charge in [0.25, 0.3) is 5.91 Å². The smallest absolute Gasteiger partial charge is 0.275 e. The lowest BCUT2D eigenvalue weighted by Crippen LogP contribution is -2.51. The Kier molecular flexibility index (Phi) is 4.42. The molecule has 28 heavy (non-hydrogen) atoms. The number of hydrogen-bond acceptors (Lipinski definition) is 5. The summed E-state index contributed by atoms with van der Waals surface area (Å²) >= 11 is 5.97. The molecule has 3 aromatic rings. The van der Waals surface area contributed by atoms with E-state index in [4.69, 9.17) is 21.1 Å². The van der Waals surface area contributed by atoms with Crippen molar-refractivity contribution < 1.29 is 14.3 Å². The van der Waals surface area contributed by atoms with Gasteiger partial charge in [0.15, 0.2) is 22.8 Å². The van der Waals surface area contributed by atoms with Crippen molar-refractivity contribution in [2.45, 2.75) is 32.4 Å². The number of benzene rings is 1. The van der Waals surface area contributed by atoms with Gasteiger partial charge in [-0.3, -0.25) is 4.79 Å². The Morgan fingerprint density at radius 1 is 1.14 bits per heavy atom. The van der Waals surface area contributed by atoms with Crippen molar-refractivity contribution in [1.29, 1.82) is 0 Å². The summed E-state index contributed by atoms with van der Waals surface area (Å²) in [7, 11) is 3.23. The van der Waals surface area contributed by atoms with E-state index in [1.165, 1.54) is 10.7 Å². The van der Waals surface area contributed by atoms with Crippen LogP contribution in [0.15, 0.2) is 30.6 Å². The third kappa shape index (κ3) is 3.05. The normalized spacial score (nSPS) is 15.4. The molecule has 0 fully saturated rings. The van der Waals surface area contributed by atoms with E-state index in [1.807, 2.05) is 17.0 Å². The first-order valence-electron chi connectivity index (χ1n) is 8.89. The molecule has 4 rings (SSSR count). The molecular formula is C20H21ClN4O3. The summed E-state index contributed by atoms with van der Waals surface area (Å²) in [5.74, 6) is 1.20. The lowest BCUT2D eigenvalue weighted by molar-refractivity contribution is 0.0481. The Hall–Kier alpha value is -2.80. The fraction of sp³-hybridized carbons (Fsp3) is 0.350. The second-order valence-electron chi connectivity index (χ2n) is 7.46. The van der Waals surface area contributed by atoms with Gasteiger partial charge >= 0.3 is 0 Å². The number of hydrogen-bond donors (Lipinski definition) is 0. The van der Waals surface area contributed by atoms with Crippen molar-refractivity contribution in [3.8, 4) is 11.5 Å². The summed E-state index contributed by atoms with van der Waals surface area (Å²) in [5, 5.41) is 4.83. The summed E-state index contributed by atoms with van der Waals surface area (Å²) in [5.41, 5.74) is 2.72. The van der Waals surface area contributed by atoms with Gasteiger partial charge in [0.1, 0.15) is 0 Å². The number of aromatic nitrogens is 3. The van der Waals surface area contributed by atoms with Crippen molar-refractivity contribution in [3.63, 3.8) is 0 Å². The minimum atomic E-state index is -0.384. The molecular weight excluding hydrogens is 380 g/mol. The second-order valence-corrected chi connectivity index (χ2v) is 7.90. The summed E-state index contributed by atoms with van der Waals surface area (Å²) in [6.45, 7) is 4.56. The van der Waals surface area contributed by atoms with Gasteiger partial charge in [0.2, 0.25) is 0 Å². The molecule has 0 atom stereocenters. The van der Waals surface area contributed by atoms with E-state index < -0.39 is 0 Å². The van der Waals surface area contributed by atoms with Crippen LogP contribution in [0.4, 0.5) is 0 Å². The predicted octanol–water partition coefficient (Wildman–Crippen LogP) is 3.38. The standard InChI is InChI=1S/C20H21ClN4O3/c1-20(2)8-12-5-16(27-3)17(28-4)6-13(12)10-24(20)19(26)15-7-18-22-9-14(21)11-25(18)23-15/h5-7,9,11H,8,10H2,1-4H3. The molecule has 146 valence electrons. The number of halogens is 1. The average Bonchev–Trinajstić information content (AvgIpc) is 3.08. The first-order chi connectivity index (χ1) is 13.3. The van der Waals surface area contributed by atoms with Crippen molar-refractivity contribution in [3.05, 3.63) is 52.4 Å². The summed E-state index contributed by atoms with van der Waals surface area (Å²) in [4.78, 5) is 19.3. The summed E-state index contributed by atoms with van der Waals surface area (Å²) in [6.07, 6.45) is 3.87. The zero-order chi connectivity index (χ0) is 20.1. The fourth-order valence-corrected chi connectivity index (χ4v) is 3.81. The lowest BCUT2D eigenvalue weighted by Gasteiger charge is -2.43. The molecule has 0 bridgehead atoms. The third-order valence-electron chi connectivity index (χ3n) is 5.13. The number of nitrogens with zero attached hydrogens (tertiary/aromatic N) is 4. The Morgan fingerprint density at radius 3 is 2.50 bits per heavy atom. The number of carbonyl (C=O) groups is 1. The highest BCUT2D eigenvalue weighted by molar-refractivity contribution is 6.30. The predicted molar refractivity (Wildman–Crippen MR) is 105 cm³/mol. The molecule has 8 heteroatoms. The maximum absolute atomic E-state index is 13.3. The van der Waals surface area contributed by atoms with Crippen LogP contribution in [0, 0.1) is 0 Å². The van der Waals surface area contributed by atoms with Gasteiger partial charge in [-0.15, -0.1) is 0 Å². The van der Waals surface area contributed by atoms with Crippen LogP contribution >= 0.6 is 11.6 Å². The first-order valence-corrected chi connectivity index (χ1v) is 9.27. The maximum atomic E-state index is 13.3. The van der Waals surface area contributed by atoms with Crippen LogP contribution in [0.2, 0.25) is 5.02 Å². The molecule has 2 aromatic heterocycles. The number of carbonyl (C=O) groups excluding carboxylic acids is 1. The Bertz CT molecular complexity index is 1080. The minimum absolute atomic E-state index is 0.146. The zero-order valence-electron chi connectivity index (χ0n) is 16.2. The largest absolute Gasteiger partial charge is 0.493 e. The number of methoxy groups -OCH3 is 2. The van der Waals surface area contributed by atoms with Gasteiger partial charge in [-0.2, -0.15) is 5.10 Å². The molecule has 0 unspecified atom stereocenters. The van der Waals surface area contributed by atoms with Crippen LogP contribution in [0.3, 0.4) is 0 Å². The molecule has 0 radical (unpaired) electrons. The summed E-state index contributed by atoms with van der Waals surface area (Å²) in [6, 6.07) is 5.61. The molecule has 0 saturated carbocycles. The maximum Gasteiger partial charge on any atom is 0.275 e. The molecule has 3 heterocycles. The average molecular weight is 401 g/mol. The molecule has 0 saturated heterocycles. The van der Waals surface area contributed by atoms with Gasteiger partial charge < -0.3 is 14.4 Å². The quantitative estimate of drug-likeness (QED) is 0.674. The number of fused-ring (bicyclic) bond motifs is 2. The SMILES string of the molecule is COc1cc2c(cc1OC)CC(C)(C)N(C(=O)c1cc3ncc(Cl)cn3n1)C2. The third-order valence-corrected chi connectivity index (χ3v) is 5.33. The van der Waals surface area contributed by atoms with E-state index in [1.54, 1.807) is 26.5 Å². The van der Waals surface area contributed by atoms with Crippen LogP contribution in [0.25, 0.3) is 5.65 Å². The van der Waals surface area contributed by atoms with Gasteiger partial charge in [-0.1, -0.05) is 11.6 Å². The monoisotopic (exact) mass is 400 g/mol. The Morgan fingerprint density at radius 2 is 1.82 bits per heavy atom. The van der Waals surface area contributed by atoms with E-state index in [2.05, 4.69) is 23.9 Å². The molecule has 1 aliphatic heterocycles. The topological polar surface area (TPSA) is 69.0 Å². The molecule has 1 amide bonds. The van der Waals surface area contributed by atoms with Crippen LogP contribution in [-0.4, -0.2) is 45.2 Å². The zero-order valence-corrected chi connectivity index (χ0v) is 16.9. The van der Waals surface area contributed by atoms with Crippen molar-refractivity contribution in [1.82, 2.24) is 19.5 Å². The van der Waals surface area contributed by atoms with Crippen LogP contribution in [-0.2, 0) is 13.0 Å². The minimum Gasteiger partial charge on any atom is -0.493 e. The molecule has 1 aliphatic rings. The lowest BCUT2D eigenvalue weighted by atomic mass is 9.85. The molecule has 1 aromatic carbocycles. The molecule has 0 aliphatic carbocycles. The number of amides is 1. The first kappa shape index (κ1) is 18.6. The van der Waals surface area contributed by atoms with E-state index in [9.17, 15) is 4.79 Å². The van der Waals surface area contributed by atoms with Gasteiger partial charge in [-0.05, 0) is 43.5 Å². The van der Waals surface area contributed by atoms with E-state index in [0.717, 1.165) is 11.1 Å². The van der Waals surface area contributed by atoms with Crippen molar-refractivity contribution >= 4 is 23.2 Å². The van der Waals surface area contributed by atoms with Gasteiger partial charge in [-0.25, -0.2) is 9.50 Å². The van der Waals surface area contributed by atoms with E-state index >= 15 is 0 Å². The van der Waals surface area contributed by atoms with Crippen LogP contribution in [0.1, 0.15) is 35.5 Å². The number of ether oxygens (including phenoxy) is 2. The second kappa shape index (κ2) is 6.67. The highest BCUT2D eigenvalue weighted by atomic mass is 35.5. The van der Waals surface area contributed by atoms with Crippen molar-refractivity contribution in [2.75, 3.05) is 14.2 Å². The van der Waals surface area contributed by atoms with Gasteiger partial charge in [0.05, 0.1) is 25.4 Å². The highest BCUT2D eigenvalue weighted by Gasteiger charge is 2.38. The van der Waals surface area contributed by atoms with E-state index in [0.29, 0.717) is 40.8 Å². The highest BCUT2D eigenvalue weighted by Crippen LogP contribution is 2.38. The molecule has 7 nitrogen and oxygen atoms in total. The van der Waals surface area contributed by atoms with Gasteiger partial charge in [0, 0.05) is 24.3 Å². The van der Waals surface area contributed by atoms with Crippen LogP contribution in [0.5, 0.6) is 11.5 Å². The number of rotatable bonds is 3. The molecule has 0 spiro atoms.